The van der Waals surface area contributed by atoms with Crippen molar-refractivity contribution in [3.8, 4) is 0 Å². The van der Waals surface area contributed by atoms with Crippen molar-refractivity contribution < 1.29 is 32.5 Å². The predicted molar refractivity (Wildman–Crippen MR) is 107 cm³/mol. The summed E-state index contributed by atoms with van der Waals surface area (Å²) in [6, 6.07) is 0.971. The zero-order chi connectivity index (χ0) is 20.3. The molecule has 7 nitrogen and oxygen atoms in total. The molecule has 9 heteroatoms. The number of unbranched alkanes of at least 4 members (excludes halogenated alkanes) is 8. The van der Waals surface area contributed by atoms with Crippen LogP contribution in [0.25, 0.3) is 0 Å². The molecule has 0 heterocycles. The first kappa shape index (κ1) is 28.4. The largest absolute Gasteiger partial charge is 0.500 e. The minimum absolute atomic E-state index is 0.684. The summed E-state index contributed by atoms with van der Waals surface area (Å²) >= 11 is 0. The van der Waals surface area contributed by atoms with Crippen molar-refractivity contribution in [2.45, 2.75) is 91.5 Å². The smallest absolute Gasteiger partial charge is 0.374 e. The molecule has 160 valence electrons. The molecular weight excluding hydrogens is 375 g/mol. The topological polar surface area (TPSA) is 105 Å². The molecule has 0 aliphatic heterocycles. The Balaban J connectivity index is 0. The SMILES string of the molecule is CCCCCCCCCCC[Si](OCC)(OCC)OCC.O=P(O)(O)O. The van der Waals surface area contributed by atoms with Crippen molar-refractivity contribution in [3.63, 3.8) is 0 Å². The lowest BCUT2D eigenvalue weighted by molar-refractivity contribution is 0.0706. The molecule has 0 spiro atoms. The van der Waals surface area contributed by atoms with E-state index in [-0.39, 0.29) is 0 Å². The minimum atomic E-state index is -4.64. The van der Waals surface area contributed by atoms with Crippen molar-refractivity contribution >= 4 is 16.6 Å². The van der Waals surface area contributed by atoms with E-state index in [0.717, 1.165) is 6.04 Å². The van der Waals surface area contributed by atoms with Gasteiger partial charge in [-0.1, -0.05) is 58.3 Å². The Hall–Kier alpha value is 0.207. The van der Waals surface area contributed by atoms with E-state index in [4.69, 9.17) is 32.5 Å². The van der Waals surface area contributed by atoms with E-state index in [1.165, 1.54) is 57.8 Å². The Morgan fingerprint density at radius 2 is 0.962 bits per heavy atom. The van der Waals surface area contributed by atoms with Crippen LogP contribution in [-0.2, 0) is 17.8 Å². The summed E-state index contributed by atoms with van der Waals surface area (Å²) in [6.07, 6.45) is 12.1. The van der Waals surface area contributed by atoms with Gasteiger partial charge in [0.05, 0.1) is 0 Å². The van der Waals surface area contributed by atoms with Crippen LogP contribution in [0.5, 0.6) is 0 Å². The van der Waals surface area contributed by atoms with Crippen LogP contribution >= 0.6 is 7.82 Å². The van der Waals surface area contributed by atoms with Gasteiger partial charge in [0, 0.05) is 25.9 Å². The van der Waals surface area contributed by atoms with Crippen molar-refractivity contribution in [2.75, 3.05) is 19.8 Å². The Kier molecular flexibility index (Phi) is 20.3. The molecule has 0 unspecified atom stereocenters. The van der Waals surface area contributed by atoms with Crippen molar-refractivity contribution in [1.29, 1.82) is 0 Å². The molecule has 0 fully saturated rings. The molecule has 0 aliphatic carbocycles. The zero-order valence-corrected chi connectivity index (χ0v) is 19.0. The fourth-order valence-electron chi connectivity index (χ4n) is 2.65. The molecule has 0 saturated heterocycles. The molecule has 0 aliphatic rings. The second-order valence-electron chi connectivity index (χ2n) is 6.07. The lowest BCUT2D eigenvalue weighted by atomic mass is 10.1. The quantitative estimate of drug-likeness (QED) is 0.191. The van der Waals surface area contributed by atoms with Gasteiger partial charge in [-0.2, -0.15) is 0 Å². The zero-order valence-electron chi connectivity index (χ0n) is 17.1. The molecule has 0 rings (SSSR count). The van der Waals surface area contributed by atoms with Gasteiger partial charge in [0.15, 0.2) is 0 Å². The Morgan fingerprint density at radius 1 is 0.654 bits per heavy atom. The van der Waals surface area contributed by atoms with E-state index in [9.17, 15) is 0 Å². The minimum Gasteiger partial charge on any atom is -0.374 e. The fraction of sp³-hybridized carbons (Fsp3) is 1.00. The molecule has 0 aromatic heterocycles. The summed E-state index contributed by atoms with van der Waals surface area (Å²) in [4.78, 5) is 21.6. The number of rotatable bonds is 16. The van der Waals surface area contributed by atoms with E-state index in [1.807, 2.05) is 20.8 Å². The molecular formula is C17H41O7PSi. The Bertz CT molecular complexity index is 314. The predicted octanol–water partition coefficient (Wildman–Crippen LogP) is 4.64. The third kappa shape index (κ3) is 22.2. The third-order valence-electron chi connectivity index (χ3n) is 3.68. The van der Waals surface area contributed by atoms with E-state index < -0.39 is 16.6 Å². The van der Waals surface area contributed by atoms with E-state index in [0.29, 0.717) is 19.8 Å². The first-order valence-corrected chi connectivity index (χ1v) is 13.4. The van der Waals surface area contributed by atoms with E-state index >= 15 is 0 Å². The summed E-state index contributed by atoms with van der Waals surface area (Å²) < 4.78 is 26.5. The van der Waals surface area contributed by atoms with Gasteiger partial charge in [-0.25, -0.2) is 4.57 Å². The second kappa shape index (κ2) is 18.6. The number of phosphoric acid groups is 1. The van der Waals surface area contributed by atoms with Gasteiger partial charge in [-0.05, 0) is 27.2 Å². The van der Waals surface area contributed by atoms with Crippen molar-refractivity contribution in [3.05, 3.63) is 0 Å². The number of hydrogen-bond donors (Lipinski definition) is 3. The monoisotopic (exact) mass is 416 g/mol. The van der Waals surface area contributed by atoms with Gasteiger partial charge in [0.1, 0.15) is 0 Å². The van der Waals surface area contributed by atoms with Gasteiger partial charge >= 0.3 is 16.6 Å². The van der Waals surface area contributed by atoms with Gasteiger partial charge in [-0.3, -0.25) is 0 Å². The second-order valence-corrected chi connectivity index (χ2v) is 9.83. The van der Waals surface area contributed by atoms with Gasteiger partial charge in [-0.15, -0.1) is 0 Å². The Morgan fingerprint density at radius 3 is 1.27 bits per heavy atom. The van der Waals surface area contributed by atoms with Crippen LogP contribution in [0.3, 0.4) is 0 Å². The van der Waals surface area contributed by atoms with Crippen LogP contribution < -0.4 is 0 Å². The molecule has 0 aromatic carbocycles. The van der Waals surface area contributed by atoms with Gasteiger partial charge in [0.2, 0.25) is 0 Å². The van der Waals surface area contributed by atoms with Crippen molar-refractivity contribution in [2.24, 2.45) is 0 Å². The normalized spacial score (nSPS) is 12.0. The molecule has 0 atom stereocenters. The first-order chi connectivity index (χ1) is 12.2. The molecule has 0 bridgehead atoms. The molecule has 0 saturated carbocycles. The van der Waals surface area contributed by atoms with Crippen molar-refractivity contribution in [1.82, 2.24) is 0 Å². The lowest BCUT2D eigenvalue weighted by Crippen LogP contribution is -2.45. The van der Waals surface area contributed by atoms with Crippen LogP contribution in [0.4, 0.5) is 0 Å². The highest BCUT2D eigenvalue weighted by molar-refractivity contribution is 7.45. The summed E-state index contributed by atoms with van der Waals surface area (Å²) in [5.41, 5.74) is 0. The highest BCUT2D eigenvalue weighted by Gasteiger charge is 2.39. The molecule has 3 N–H and O–H groups in total. The highest BCUT2D eigenvalue weighted by atomic mass is 31.2. The van der Waals surface area contributed by atoms with E-state index in [2.05, 4.69) is 6.92 Å². The van der Waals surface area contributed by atoms with Crippen LogP contribution in [0.2, 0.25) is 6.04 Å². The van der Waals surface area contributed by atoms with E-state index in [1.54, 1.807) is 0 Å². The third-order valence-corrected chi connectivity index (χ3v) is 6.83. The van der Waals surface area contributed by atoms with Crippen LogP contribution in [0, 0.1) is 0 Å². The number of hydrogen-bond acceptors (Lipinski definition) is 4. The molecule has 0 radical (unpaired) electrons. The van der Waals surface area contributed by atoms with Gasteiger partial charge in [0.25, 0.3) is 0 Å². The summed E-state index contributed by atoms with van der Waals surface area (Å²) in [6.45, 7) is 10.4. The lowest BCUT2D eigenvalue weighted by Gasteiger charge is -2.28. The summed E-state index contributed by atoms with van der Waals surface area (Å²) in [5, 5.41) is 0. The average Bonchev–Trinajstić information content (AvgIpc) is 2.52. The molecule has 0 amide bonds. The van der Waals surface area contributed by atoms with Crippen LogP contribution in [-0.4, -0.2) is 43.3 Å². The Labute approximate surface area is 161 Å². The fourth-order valence-corrected chi connectivity index (χ4v) is 5.34. The summed E-state index contributed by atoms with van der Waals surface area (Å²) in [7, 11) is -7.02. The average molecular weight is 417 g/mol. The molecule has 0 aromatic rings. The molecule has 26 heavy (non-hydrogen) atoms. The maximum Gasteiger partial charge on any atom is 0.500 e. The first-order valence-electron chi connectivity index (χ1n) is 9.94. The maximum absolute atomic E-state index is 8.88. The summed E-state index contributed by atoms with van der Waals surface area (Å²) in [5.74, 6) is 0. The highest BCUT2D eigenvalue weighted by Crippen LogP contribution is 2.25. The van der Waals surface area contributed by atoms with Crippen LogP contribution in [0.1, 0.15) is 85.5 Å². The van der Waals surface area contributed by atoms with Crippen LogP contribution in [0.15, 0.2) is 0 Å². The maximum atomic E-state index is 8.88. The standard InChI is InChI=1S/C17H38O3Si.H3O4P/c1-5-9-10-11-12-13-14-15-16-17-21(18-6-2,19-7-3)20-8-4;1-5(2,3)4/h5-17H2,1-4H3;(H3,1,2,3,4). The van der Waals surface area contributed by atoms with Gasteiger partial charge < -0.3 is 28.0 Å².